The van der Waals surface area contributed by atoms with Gasteiger partial charge in [0.15, 0.2) is 0 Å². The molecule has 0 radical (unpaired) electrons. The Morgan fingerprint density at radius 3 is 1.19 bits per heavy atom. The number of alkyl halides is 6. The summed E-state index contributed by atoms with van der Waals surface area (Å²) in [5.74, 6) is -1.76. The van der Waals surface area contributed by atoms with E-state index in [1.165, 1.54) is 0 Å². The minimum Gasteiger partial charge on any atom is -0.384 e. The third-order valence-electron chi connectivity index (χ3n) is 0.873. The number of hydrogen-bond donors (Lipinski definition) is 1. The Morgan fingerprint density at radius 1 is 1.06 bits per heavy atom. The molecular weight excluding hydrogens is 242 g/mol. The van der Waals surface area contributed by atoms with E-state index >= 15 is 0 Å². The van der Waals surface area contributed by atoms with Crippen molar-refractivity contribution in [1.29, 1.82) is 0 Å². The topological polar surface area (TPSA) is 37.3 Å². The van der Waals surface area contributed by atoms with Gasteiger partial charge in [-0.05, 0) is 6.92 Å². The summed E-state index contributed by atoms with van der Waals surface area (Å²) in [6.45, 7) is 1.17. The minimum absolute atomic E-state index is 0. The second kappa shape index (κ2) is 8.37. The lowest BCUT2D eigenvalue weighted by atomic mass is 10.4. The van der Waals surface area contributed by atoms with E-state index in [1.807, 2.05) is 0 Å². The predicted molar refractivity (Wildman–Crippen MR) is 47.9 cm³/mol. The molecule has 0 aromatic heterocycles. The van der Waals surface area contributed by atoms with Crippen molar-refractivity contribution in [3.8, 4) is 0 Å². The van der Waals surface area contributed by atoms with Crippen LogP contribution in [0.2, 0.25) is 0 Å². The van der Waals surface area contributed by atoms with Crippen molar-refractivity contribution in [3.05, 3.63) is 0 Å². The second-order valence-electron chi connectivity index (χ2n) is 2.27. The van der Waals surface area contributed by atoms with Crippen LogP contribution in [0.3, 0.4) is 0 Å². The number of aliphatic hydroxyl groups excluding tert-OH is 1. The zero-order valence-corrected chi connectivity index (χ0v) is 7.20. The highest BCUT2D eigenvalue weighted by Gasteiger charge is 2.34. The monoisotopic (exact) mass is 258 g/mol. The van der Waals surface area contributed by atoms with Gasteiger partial charge in [-0.3, -0.25) is 4.79 Å². The number of Topliss-reactive ketones (excluding diaryl/α,β-unsaturated/α-hetero) is 1. The molecule has 0 spiro atoms. The van der Waals surface area contributed by atoms with Gasteiger partial charge in [-0.25, -0.2) is 0 Å². The van der Waals surface area contributed by atoms with Crippen LogP contribution in [0.5, 0.6) is 0 Å². The zero-order valence-electron chi connectivity index (χ0n) is 7.20. The Labute approximate surface area is 90.3 Å². The fourth-order valence-corrected chi connectivity index (χ4v) is 0. The van der Waals surface area contributed by atoms with Crippen LogP contribution < -0.4 is 0 Å². The van der Waals surface area contributed by atoms with E-state index in [0.29, 0.717) is 13.8 Å². The van der Waals surface area contributed by atoms with Crippen LogP contribution >= 0.6 is 0 Å². The van der Waals surface area contributed by atoms with Crippen LogP contribution in [0, 0.1) is 0 Å². The van der Waals surface area contributed by atoms with Crippen LogP contribution in [0.1, 0.15) is 28.7 Å². The summed E-state index contributed by atoms with van der Waals surface area (Å²) in [6, 6.07) is 0. The Balaban J connectivity index is -0.0000000800. The Bertz CT molecular complexity index is 182. The average molecular weight is 258 g/mol. The molecule has 0 aromatic rings. The Hall–Kier alpha value is -0.790. The van der Waals surface area contributed by atoms with Crippen LogP contribution in [0.25, 0.3) is 0 Å². The average Bonchev–Trinajstić information content (AvgIpc) is 1.83. The molecule has 2 nitrogen and oxygen atoms in total. The van der Waals surface area contributed by atoms with Crippen molar-refractivity contribution in [2.24, 2.45) is 0 Å². The molecule has 16 heavy (non-hydrogen) atoms. The van der Waals surface area contributed by atoms with Gasteiger partial charge in [-0.2, -0.15) is 26.3 Å². The van der Waals surface area contributed by atoms with Crippen molar-refractivity contribution in [2.75, 3.05) is 0 Å². The summed E-state index contributed by atoms with van der Waals surface area (Å²) in [4.78, 5) is 9.34. The second-order valence-corrected chi connectivity index (χ2v) is 2.27. The van der Waals surface area contributed by atoms with Crippen LogP contribution in [0.15, 0.2) is 0 Å². The zero-order chi connectivity index (χ0) is 12.2. The van der Waals surface area contributed by atoms with E-state index in [-0.39, 0.29) is 14.9 Å². The first-order valence-electron chi connectivity index (χ1n) is 3.21. The fraction of sp³-hybridized carbons (Fsp3) is 0.875. The maximum atomic E-state index is 10.9. The smallest absolute Gasteiger partial charge is 0.384 e. The van der Waals surface area contributed by atoms with Gasteiger partial charge in [0.25, 0.3) is 0 Å². The molecule has 1 atom stereocenters. The standard InChI is InChI=1S/C3H5F3O.C3H3F3O.2CH4/c2*1-2(7)3(4,5)6;;/h2,7H,1H3;1H3;2*1H4/t2-;;;/m0.../s1. The molecule has 0 fully saturated rings. The Morgan fingerprint density at radius 2 is 1.19 bits per heavy atom. The van der Waals surface area contributed by atoms with Gasteiger partial charge in [0.1, 0.15) is 6.10 Å². The van der Waals surface area contributed by atoms with E-state index in [2.05, 4.69) is 0 Å². The summed E-state index contributed by atoms with van der Waals surface area (Å²) < 4.78 is 65.3. The van der Waals surface area contributed by atoms with Crippen molar-refractivity contribution in [1.82, 2.24) is 0 Å². The highest BCUT2D eigenvalue weighted by Crippen LogP contribution is 2.18. The molecule has 0 saturated carbocycles. The van der Waals surface area contributed by atoms with E-state index in [1.54, 1.807) is 0 Å². The summed E-state index contributed by atoms with van der Waals surface area (Å²) in [5, 5.41) is 7.76. The van der Waals surface area contributed by atoms with Crippen LogP contribution in [-0.2, 0) is 4.79 Å². The van der Waals surface area contributed by atoms with E-state index in [4.69, 9.17) is 5.11 Å². The van der Waals surface area contributed by atoms with Crippen molar-refractivity contribution in [2.45, 2.75) is 47.2 Å². The summed E-state index contributed by atoms with van der Waals surface area (Å²) >= 11 is 0. The SMILES string of the molecule is C.C.CC(=O)C(F)(F)F.C[C@H](O)C(F)(F)F. The lowest BCUT2D eigenvalue weighted by Gasteiger charge is -2.06. The number of halogens is 6. The first kappa shape index (κ1) is 24.4. The van der Waals surface area contributed by atoms with E-state index < -0.39 is 24.2 Å². The van der Waals surface area contributed by atoms with Gasteiger partial charge in [-0.15, -0.1) is 0 Å². The number of aliphatic hydroxyl groups is 1. The van der Waals surface area contributed by atoms with Gasteiger partial charge in [0, 0.05) is 6.92 Å². The van der Waals surface area contributed by atoms with Crippen LogP contribution in [0.4, 0.5) is 26.3 Å². The molecule has 1 N–H and O–H groups in total. The van der Waals surface area contributed by atoms with Crippen molar-refractivity contribution in [3.63, 3.8) is 0 Å². The van der Waals surface area contributed by atoms with Crippen molar-refractivity contribution < 1.29 is 36.2 Å². The molecule has 8 heteroatoms. The molecule has 0 rings (SSSR count). The summed E-state index contributed by atoms with van der Waals surface area (Å²) in [7, 11) is 0. The quantitative estimate of drug-likeness (QED) is 0.676. The lowest BCUT2D eigenvalue weighted by molar-refractivity contribution is -0.197. The molecule has 0 aliphatic heterocycles. The molecule has 0 unspecified atom stereocenters. The highest BCUT2D eigenvalue weighted by atomic mass is 19.4. The summed E-state index contributed by atoms with van der Waals surface area (Å²) in [5.41, 5.74) is 0. The van der Waals surface area contributed by atoms with E-state index in [0.717, 1.165) is 0 Å². The summed E-state index contributed by atoms with van der Waals surface area (Å²) in [6.07, 6.45) is -11.3. The molecule has 102 valence electrons. The largest absolute Gasteiger partial charge is 0.449 e. The molecule has 0 aliphatic carbocycles. The molecule has 0 saturated heterocycles. The Kier molecular flexibility index (Phi) is 12.8. The van der Waals surface area contributed by atoms with Gasteiger partial charge in [0.2, 0.25) is 5.78 Å². The number of carbonyl (C=O) groups is 1. The number of ketones is 1. The van der Waals surface area contributed by atoms with Gasteiger partial charge in [0.05, 0.1) is 0 Å². The van der Waals surface area contributed by atoms with Gasteiger partial charge in [-0.1, -0.05) is 14.9 Å². The normalized spacial score (nSPS) is 12.3. The highest BCUT2D eigenvalue weighted by molar-refractivity contribution is 5.81. The molecule has 0 aliphatic rings. The first-order chi connectivity index (χ1) is 5.89. The van der Waals surface area contributed by atoms with E-state index in [9.17, 15) is 31.1 Å². The fourth-order valence-electron chi connectivity index (χ4n) is 0. The number of rotatable bonds is 0. The number of carbonyl (C=O) groups excluding carboxylic acids is 1. The lowest BCUT2D eigenvalue weighted by Crippen LogP contribution is -2.24. The molecule has 0 heterocycles. The first-order valence-corrected chi connectivity index (χ1v) is 3.21. The molecule has 0 amide bonds. The van der Waals surface area contributed by atoms with Crippen molar-refractivity contribution >= 4 is 5.78 Å². The maximum Gasteiger partial charge on any atom is 0.449 e. The minimum atomic E-state index is -4.64. The van der Waals surface area contributed by atoms with Crippen LogP contribution in [-0.4, -0.2) is 29.3 Å². The molecular formula is C8H16F6O2. The third-order valence-corrected chi connectivity index (χ3v) is 0.873. The molecule has 0 aromatic carbocycles. The molecule has 0 bridgehead atoms. The number of hydrogen-bond acceptors (Lipinski definition) is 2. The third kappa shape index (κ3) is 15.7. The van der Waals surface area contributed by atoms with Gasteiger partial charge < -0.3 is 5.11 Å². The van der Waals surface area contributed by atoms with Gasteiger partial charge >= 0.3 is 12.4 Å². The maximum absolute atomic E-state index is 10.9. The predicted octanol–water partition coefficient (Wildman–Crippen LogP) is 3.34.